The molecule has 2 atom stereocenters. The van der Waals surface area contributed by atoms with Crippen LogP contribution in [0.3, 0.4) is 0 Å². The molecule has 1 saturated carbocycles. The van der Waals surface area contributed by atoms with Crippen LogP contribution in [0.1, 0.15) is 45.1 Å². The molecule has 1 aromatic carbocycles. The number of alkyl halides is 1. The normalized spacial score (nSPS) is 19.3. The Morgan fingerprint density at radius 1 is 1.37 bits per heavy atom. The standard InChI is InChI=1S/C14H22FNO.C8H9FO/c1-5-10(2)16-13(17)11-7-6-8-12(9-11)14(3,4)15;1-6-4-3-5-7(10-2)8(6)9/h5,11-12H,1-2,6-9H2,3-4H3,(H,16,17);3-5H,1-2H3. The summed E-state index contributed by atoms with van der Waals surface area (Å²) in [6.45, 7) is 12.1. The second-order valence-electron chi connectivity index (χ2n) is 7.43. The van der Waals surface area contributed by atoms with Gasteiger partial charge in [0.15, 0.2) is 11.6 Å². The molecule has 2 unspecified atom stereocenters. The third kappa shape index (κ3) is 7.16. The summed E-state index contributed by atoms with van der Waals surface area (Å²) in [7, 11) is 1.46. The predicted molar refractivity (Wildman–Crippen MR) is 106 cm³/mol. The fourth-order valence-corrected chi connectivity index (χ4v) is 3.14. The lowest BCUT2D eigenvalue weighted by atomic mass is 9.74. The van der Waals surface area contributed by atoms with Crippen LogP contribution in [-0.2, 0) is 4.79 Å². The summed E-state index contributed by atoms with van der Waals surface area (Å²) >= 11 is 0. The smallest absolute Gasteiger partial charge is 0.227 e. The van der Waals surface area contributed by atoms with Gasteiger partial charge in [-0.05, 0) is 63.7 Å². The third-order valence-corrected chi connectivity index (χ3v) is 4.92. The van der Waals surface area contributed by atoms with E-state index < -0.39 is 5.67 Å². The van der Waals surface area contributed by atoms with E-state index >= 15 is 0 Å². The van der Waals surface area contributed by atoms with Crippen LogP contribution >= 0.6 is 0 Å². The van der Waals surface area contributed by atoms with Crippen molar-refractivity contribution in [3.63, 3.8) is 0 Å². The van der Waals surface area contributed by atoms with Crippen molar-refractivity contribution in [2.75, 3.05) is 7.11 Å². The first kappa shape index (κ1) is 22.9. The first-order valence-electron chi connectivity index (χ1n) is 9.20. The number of allylic oxidation sites excluding steroid dienone is 1. The van der Waals surface area contributed by atoms with Gasteiger partial charge in [0.2, 0.25) is 5.91 Å². The molecule has 0 saturated heterocycles. The highest BCUT2D eigenvalue weighted by Crippen LogP contribution is 2.37. The van der Waals surface area contributed by atoms with Crippen LogP contribution in [0, 0.1) is 24.6 Å². The molecule has 2 rings (SSSR count). The minimum Gasteiger partial charge on any atom is -0.494 e. The summed E-state index contributed by atoms with van der Waals surface area (Å²) in [6.07, 6.45) is 4.76. The molecular weight excluding hydrogens is 348 g/mol. The van der Waals surface area contributed by atoms with Gasteiger partial charge in [0, 0.05) is 11.6 Å². The van der Waals surface area contributed by atoms with Crippen molar-refractivity contribution < 1.29 is 18.3 Å². The Labute approximate surface area is 161 Å². The monoisotopic (exact) mass is 379 g/mol. The molecule has 0 spiro atoms. The Morgan fingerprint density at radius 2 is 2.04 bits per heavy atom. The number of hydrogen-bond donors (Lipinski definition) is 1. The number of nitrogens with one attached hydrogen (secondary N) is 1. The lowest BCUT2D eigenvalue weighted by Crippen LogP contribution is -2.37. The highest BCUT2D eigenvalue weighted by Gasteiger charge is 2.36. The van der Waals surface area contributed by atoms with Crippen LogP contribution in [0.25, 0.3) is 0 Å². The molecule has 3 nitrogen and oxygen atoms in total. The van der Waals surface area contributed by atoms with Crippen molar-refractivity contribution in [3.8, 4) is 5.75 Å². The quantitative estimate of drug-likeness (QED) is 0.686. The van der Waals surface area contributed by atoms with Crippen LogP contribution in [0.15, 0.2) is 43.1 Å². The first-order chi connectivity index (χ1) is 12.6. The zero-order valence-corrected chi connectivity index (χ0v) is 16.8. The largest absolute Gasteiger partial charge is 0.494 e. The van der Waals surface area contributed by atoms with Gasteiger partial charge in [0.25, 0.3) is 0 Å². The van der Waals surface area contributed by atoms with Crippen molar-refractivity contribution in [1.29, 1.82) is 0 Å². The number of carbonyl (C=O) groups excluding carboxylic acids is 1. The van der Waals surface area contributed by atoms with E-state index in [1.807, 2.05) is 0 Å². The zero-order chi connectivity index (χ0) is 20.6. The van der Waals surface area contributed by atoms with Crippen LogP contribution < -0.4 is 10.1 Å². The molecule has 1 N–H and O–H groups in total. The van der Waals surface area contributed by atoms with Gasteiger partial charge >= 0.3 is 0 Å². The van der Waals surface area contributed by atoms with Crippen LogP contribution in [-0.4, -0.2) is 18.7 Å². The number of halogens is 2. The van der Waals surface area contributed by atoms with E-state index in [0.29, 0.717) is 23.4 Å². The van der Waals surface area contributed by atoms with Crippen LogP contribution in [0.2, 0.25) is 0 Å². The van der Waals surface area contributed by atoms with E-state index in [1.54, 1.807) is 39.0 Å². The molecular formula is C22H31F2NO2. The summed E-state index contributed by atoms with van der Waals surface area (Å²) in [5.74, 6) is -0.140. The van der Waals surface area contributed by atoms with Gasteiger partial charge in [-0.1, -0.05) is 31.7 Å². The maximum atomic E-state index is 13.9. The Hall–Kier alpha value is -2.17. The minimum atomic E-state index is -1.20. The predicted octanol–water partition coefficient (Wildman–Crippen LogP) is 5.50. The molecule has 1 aliphatic carbocycles. The van der Waals surface area contributed by atoms with Crippen molar-refractivity contribution in [1.82, 2.24) is 5.32 Å². The van der Waals surface area contributed by atoms with Gasteiger partial charge in [-0.3, -0.25) is 4.79 Å². The maximum Gasteiger partial charge on any atom is 0.227 e. The molecule has 0 radical (unpaired) electrons. The molecule has 5 heteroatoms. The average molecular weight is 379 g/mol. The van der Waals surface area contributed by atoms with E-state index in [9.17, 15) is 13.6 Å². The number of aryl methyl sites for hydroxylation is 1. The van der Waals surface area contributed by atoms with Crippen LogP contribution in [0.4, 0.5) is 8.78 Å². The Morgan fingerprint density at radius 3 is 2.56 bits per heavy atom. The number of hydrogen-bond acceptors (Lipinski definition) is 2. The van der Waals surface area contributed by atoms with Crippen LogP contribution in [0.5, 0.6) is 5.75 Å². The lowest BCUT2D eigenvalue weighted by molar-refractivity contribution is -0.126. The van der Waals surface area contributed by atoms with Gasteiger partial charge < -0.3 is 10.1 Å². The number of benzene rings is 1. The fraction of sp³-hybridized carbons (Fsp3) is 0.500. The Balaban J connectivity index is 0.000000309. The molecule has 0 bridgehead atoms. The van der Waals surface area contributed by atoms with Crippen molar-refractivity contribution in [3.05, 3.63) is 54.5 Å². The SMILES string of the molecule is C=CC(=C)NC(=O)C1CCCC(C(C)(C)F)C1.COc1cccc(C)c1F. The first-order valence-corrected chi connectivity index (χ1v) is 9.20. The topological polar surface area (TPSA) is 38.3 Å². The summed E-state index contributed by atoms with van der Waals surface area (Å²) in [6, 6.07) is 5.07. The average Bonchev–Trinajstić information content (AvgIpc) is 2.63. The molecule has 1 fully saturated rings. The van der Waals surface area contributed by atoms with Crippen molar-refractivity contribution in [2.24, 2.45) is 11.8 Å². The van der Waals surface area contributed by atoms with Crippen molar-refractivity contribution >= 4 is 5.91 Å². The van der Waals surface area contributed by atoms with Gasteiger partial charge in [-0.15, -0.1) is 0 Å². The number of carbonyl (C=O) groups is 1. The Kier molecular flexibility index (Phi) is 8.67. The van der Waals surface area contributed by atoms with E-state index in [0.717, 1.165) is 19.3 Å². The van der Waals surface area contributed by atoms with Gasteiger partial charge in [0.05, 0.1) is 7.11 Å². The van der Waals surface area contributed by atoms with Crippen molar-refractivity contribution in [2.45, 2.75) is 52.1 Å². The van der Waals surface area contributed by atoms with E-state index in [-0.39, 0.29) is 23.6 Å². The fourth-order valence-electron chi connectivity index (χ4n) is 3.14. The van der Waals surface area contributed by atoms with Gasteiger partial charge in [-0.2, -0.15) is 0 Å². The molecule has 0 heterocycles. The molecule has 0 aliphatic heterocycles. The Bertz CT molecular complexity index is 665. The third-order valence-electron chi connectivity index (χ3n) is 4.92. The number of ether oxygens (including phenoxy) is 1. The molecule has 27 heavy (non-hydrogen) atoms. The second-order valence-corrected chi connectivity index (χ2v) is 7.43. The summed E-state index contributed by atoms with van der Waals surface area (Å²) in [5, 5.41) is 2.70. The highest BCUT2D eigenvalue weighted by atomic mass is 19.1. The zero-order valence-electron chi connectivity index (χ0n) is 16.8. The lowest BCUT2D eigenvalue weighted by Gasteiger charge is -2.34. The van der Waals surface area contributed by atoms with Gasteiger partial charge in [0.1, 0.15) is 5.67 Å². The van der Waals surface area contributed by atoms with E-state index in [2.05, 4.69) is 18.5 Å². The van der Waals surface area contributed by atoms with Gasteiger partial charge in [-0.25, -0.2) is 8.78 Å². The summed E-state index contributed by atoms with van der Waals surface area (Å²) < 4.78 is 31.5. The number of rotatable bonds is 5. The second kappa shape index (κ2) is 10.2. The maximum absolute atomic E-state index is 13.9. The minimum absolute atomic E-state index is 0.0241. The number of methoxy groups -OCH3 is 1. The number of amides is 1. The molecule has 0 aromatic heterocycles. The summed E-state index contributed by atoms with van der Waals surface area (Å²) in [5.41, 5.74) is -0.0787. The van der Waals surface area contributed by atoms with E-state index in [1.165, 1.54) is 13.2 Å². The molecule has 1 amide bonds. The molecule has 1 aromatic rings. The summed E-state index contributed by atoms with van der Waals surface area (Å²) in [4.78, 5) is 11.9. The highest BCUT2D eigenvalue weighted by molar-refractivity contribution is 5.80. The molecule has 1 aliphatic rings. The van der Waals surface area contributed by atoms with E-state index in [4.69, 9.17) is 4.74 Å². The molecule has 150 valence electrons.